The molecule has 0 unspecified atom stereocenters. The number of piperidine rings is 1. The molecular formula is C32H39N3O5. The van der Waals surface area contributed by atoms with Crippen molar-refractivity contribution in [3.8, 4) is 22.8 Å². The van der Waals surface area contributed by atoms with E-state index in [0.717, 1.165) is 42.2 Å². The first-order chi connectivity index (χ1) is 19.5. The van der Waals surface area contributed by atoms with Gasteiger partial charge in [0, 0.05) is 35.6 Å². The SMILES string of the molecule is CNC(=O)c1ccc2c(C3CCCCC3)c3n(c2c1)CCOc1c(OCCN2CCC(C(=O)O)CC2)cccc1-3. The molecule has 2 N–H and O–H groups in total. The summed E-state index contributed by atoms with van der Waals surface area (Å²) in [5, 5.41) is 13.3. The minimum Gasteiger partial charge on any atom is -0.488 e. The molecule has 2 aliphatic heterocycles. The summed E-state index contributed by atoms with van der Waals surface area (Å²) >= 11 is 0. The van der Waals surface area contributed by atoms with Gasteiger partial charge in [0.25, 0.3) is 5.91 Å². The first-order valence-corrected chi connectivity index (χ1v) is 14.8. The predicted octanol–water partition coefficient (Wildman–Crippen LogP) is 5.28. The molecule has 8 nitrogen and oxygen atoms in total. The summed E-state index contributed by atoms with van der Waals surface area (Å²) < 4.78 is 15.1. The van der Waals surface area contributed by atoms with Crippen molar-refractivity contribution < 1.29 is 24.2 Å². The van der Waals surface area contributed by atoms with Crippen molar-refractivity contribution in [2.24, 2.45) is 5.92 Å². The Bertz CT molecular complexity index is 1400. The first kappa shape index (κ1) is 26.7. The molecule has 8 heteroatoms. The van der Waals surface area contributed by atoms with E-state index in [1.54, 1.807) is 7.05 Å². The Balaban J connectivity index is 1.33. The molecule has 0 spiro atoms. The van der Waals surface area contributed by atoms with Gasteiger partial charge in [0.2, 0.25) is 0 Å². The Hall–Kier alpha value is -3.52. The van der Waals surface area contributed by atoms with Crippen molar-refractivity contribution in [2.45, 2.75) is 57.4 Å². The van der Waals surface area contributed by atoms with Gasteiger partial charge in [-0.1, -0.05) is 31.4 Å². The van der Waals surface area contributed by atoms with Crippen molar-refractivity contribution in [3.63, 3.8) is 0 Å². The average Bonchev–Trinajstić information content (AvgIpc) is 3.18. The molecule has 1 aliphatic carbocycles. The molecule has 2 fully saturated rings. The highest BCUT2D eigenvalue weighted by Gasteiger charge is 2.31. The summed E-state index contributed by atoms with van der Waals surface area (Å²) in [6.07, 6.45) is 7.50. The molecule has 40 heavy (non-hydrogen) atoms. The van der Waals surface area contributed by atoms with Crippen molar-refractivity contribution >= 4 is 22.8 Å². The standard InChI is InChI=1S/C32H39N3O5/c1-33-31(36)23-10-11-24-26(20-23)35-17-19-40-30-25(29(35)28(24)21-6-3-2-4-7-21)8-5-9-27(30)39-18-16-34-14-12-22(13-15-34)32(37)38/h5,8-11,20-22H,2-4,6-7,12-19H2,1H3,(H,33,36)(H,37,38). The van der Waals surface area contributed by atoms with Crippen LogP contribution in [0.1, 0.15) is 66.8 Å². The van der Waals surface area contributed by atoms with Gasteiger partial charge in [-0.15, -0.1) is 0 Å². The number of nitrogens with zero attached hydrogens (tertiary/aromatic N) is 2. The van der Waals surface area contributed by atoms with E-state index in [-0.39, 0.29) is 11.8 Å². The average molecular weight is 546 g/mol. The molecule has 3 heterocycles. The summed E-state index contributed by atoms with van der Waals surface area (Å²) in [6.45, 7) is 4.06. The molecule has 1 aromatic heterocycles. The van der Waals surface area contributed by atoms with Gasteiger partial charge < -0.3 is 24.5 Å². The van der Waals surface area contributed by atoms with Crippen LogP contribution >= 0.6 is 0 Å². The highest BCUT2D eigenvalue weighted by molar-refractivity contribution is 6.01. The number of aromatic nitrogens is 1. The third kappa shape index (κ3) is 5.05. The maximum absolute atomic E-state index is 12.5. The molecule has 3 aromatic rings. The van der Waals surface area contributed by atoms with Gasteiger partial charge in [-0.2, -0.15) is 0 Å². The number of likely N-dealkylation sites (tertiary alicyclic amines) is 1. The summed E-state index contributed by atoms with van der Waals surface area (Å²) in [5.41, 5.74) is 5.38. The maximum Gasteiger partial charge on any atom is 0.306 e. The van der Waals surface area contributed by atoms with Crippen molar-refractivity contribution in [2.75, 3.05) is 39.9 Å². The van der Waals surface area contributed by atoms with E-state index in [1.165, 1.54) is 48.7 Å². The number of hydrogen-bond acceptors (Lipinski definition) is 5. The van der Waals surface area contributed by atoms with Gasteiger partial charge >= 0.3 is 5.97 Å². The van der Waals surface area contributed by atoms with E-state index in [1.807, 2.05) is 24.3 Å². The molecule has 0 radical (unpaired) electrons. The molecular weight excluding hydrogens is 506 g/mol. The van der Waals surface area contributed by atoms with E-state index < -0.39 is 5.97 Å². The molecule has 2 aromatic carbocycles. The van der Waals surface area contributed by atoms with Crippen LogP contribution in [0.2, 0.25) is 0 Å². The highest BCUT2D eigenvalue weighted by atomic mass is 16.5. The minimum absolute atomic E-state index is 0.0789. The highest BCUT2D eigenvalue weighted by Crippen LogP contribution is 2.49. The minimum atomic E-state index is -0.685. The fourth-order valence-corrected chi connectivity index (χ4v) is 6.88. The number of ether oxygens (including phenoxy) is 2. The van der Waals surface area contributed by atoms with Gasteiger partial charge in [-0.3, -0.25) is 14.5 Å². The van der Waals surface area contributed by atoms with Gasteiger partial charge in [0.1, 0.15) is 13.2 Å². The van der Waals surface area contributed by atoms with Crippen LogP contribution in [0.25, 0.3) is 22.2 Å². The van der Waals surface area contributed by atoms with Crippen LogP contribution in [0, 0.1) is 5.92 Å². The predicted molar refractivity (Wildman–Crippen MR) is 154 cm³/mol. The number of benzene rings is 2. The first-order valence-electron chi connectivity index (χ1n) is 14.8. The topological polar surface area (TPSA) is 93.0 Å². The number of para-hydroxylation sites is 1. The zero-order valence-electron chi connectivity index (χ0n) is 23.3. The van der Waals surface area contributed by atoms with Crippen LogP contribution in [0.15, 0.2) is 36.4 Å². The second-order valence-corrected chi connectivity index (χ2v) is 11.3. The quantitative estimate of drug-likeness (QED) is 0.420. The molecule has 1 saturated carbocycles. The lowest BCUT2D eigenvalue weighted by molar-refractivity contribution is -0.143. The second-order valence-electron chi connectivity index (χ2n) is 11.3. The zero-order chi connectivity index (χ0) is 27.6. The van der Waals surface area contributed by atoms with Crippen LogP contribution in [0.5, 0.6) is 11.5 Å². The molecule has 3 aliphatic rings. The summed E-state index contributed by atoms with van der Waals surface area (Å²) in [4.78, 5) is 26.1. The summed E-state index contributed by atoms with van der Waals surface area (Å²) in [7, 11) is 1.67. The van der Waals surface area contributed by atoms with Gasteiger partial charge in [-0.05, 0) is 74.5 Å². The number of rotatable bonds is 7. The Labute approximate surface area is 235 Å². The van der Waals surface area contributed by atoms with E-state index >= 15 is 0 Å². The molecule has 212 valence electrons. The number of carbonyl (C=O) groups excluding carboxylic acids is 1. The number of carboxylic acids is 1. The van der Waals surface area contributed by atoms with Gasteiger partial charge in [-0.25, -0.2) is 0 Å². The Morgan fingerprint density at radius 3 is 2.60 bits per heavy atom. The fourth-order valence-electron chi connectivity index (χ4n) is 6.88. The van der Waals surface area contributed by atoms with Crippen LogP contribution < -0.4 is 14.8 Å². The van der Waals surface area contributed by atoms with E-state index in [2.05, 4.69) is 26.9 Å². The lowest BCUT2D eigenvalue weighted by Gasteiger charge is -2.29. The molecule has 0 atom stereocenters. The normalized spacial score (nSPS) is 18.4. The molecule has 6 rings (SSSR count). The van der Waals surface area contributed by atoms with E-state index in [0.29, 0.717) is 44.1 Å². The lowest BCUT2D eigenvalue weighted by Crippen LogP contribution is -2.38. The number of hydrogen-bond donors (Lipinski definition) is 2. The molecule has 1 saturated heterocycles. The fraction of sp³-hybridized carbons (Fsp3) is 0.500. The van der Waals surface area contributed by atoms with Crippen molar-refractivity contribution in [1.29, 1.82) is 0 Å². The summed E-state index contributed by atoms with van der Waals surface area (Å²) in [6, 6.07) is 12.3. The number of carbonyl (C=O) groups is 2. The van der Waals surface area contributed by atoms with Crippen molar-refractivity contribution in [3.05, 3.63) is 47.5 Å². The van der Waals surface area contributed by atoms with Crippen LogP contribution in [-0.2, 0) is 11.3 Å². The second kappa shape index (κ2) is 11.5. The third-order valence-corrected chi connectivity index (χ3v) is 9.00. The largest absolute Gasteiger partial charge is 0.488 e. The molecule has 0 bridgehead atoms. The maximum atomic E-state index is 12.5. The lowest BCUT2D eigenvalue weighted by atomic mass is 9.81. The van der Waals surface area contributed by atoms with Gasteiger partial charge in [0.05, 0.1) is 18.2 Å². The Morgan fingerprint density at radius 1 is 1.05 bits per heavy atom. The van der Waals surface area contributed by atoms with Crippen molar-refractivity contribution in [1.82, 2.24) is 14.8 Å². The van der Waals surface area contributed by atoms with E-state index in [9.17, 15) is 14.7 Å². The van der Waals surface area contributed by atoms with Crippen LogP contribution in [-0.4, -0.2) is 66.3 Å². The van der Waals surface area contributed by atoms with Gasteiger partial charge in [0.15, 0.2) is 11.5 Å². The zero-order valence-corrected chi connectivity index (χ0v) is 23.3. The number of nitrogens with one attached hydrogen (secondary N) is 1. The monoisotopic (exact) mass is 545 g/mol. The summed E-state index contributed by atoms with van der Waals surface area (Å²) in [5.74, 6) is 1.02. The Morgan fingerprint density at radius 2 is 1.85 bits per heavy atom. The Kier molecular flexibility index (Phi) is 7.69. The number of aliphatic carboxylic acids is 1. The molecule has 1 amide bonds. The number of amides is 1. The third-order valence-electron chi connectivity index (χ3n) is 9.00. The number of carboxylic acid groups (broad SMARTS) is 1. The van der Waals surface area contributed by atoms with E-state index in [4.69, 9.17) is 9.47 Å². The number of fused-ring (bicyclic) bond motifs is 5. The smallest absolute Gasteiger partial charge is 0.306 e. The van der Waals surface area contributed by atoms with Crippen LogP contribution in [0.4, 0.5) is 0 Å². The van der Waals surface area contributed by atoms with Crippen LogP contribution in [0.3, 0.4) is 0 Å².